The van der Waals surface area contributed by atoms with Crippen molar-refractivity contribution in [3.8, 4) is 22.8 Å². The topological polar surface area (TPSA) is 164 Å². The molecule has 2 atom stereocenters. The molecule has 196 valence electrons. The van der Waals surface area contributed by atoms with Gasteiger partial charge in [0.25, 0.3) is 0 Å². The summed E-state index contributed by atoms with van der Waals surface area (Å²) in [5, 5.41) is 20.0. The van der Waals surface area contributed by atoms with Gasteiger partial charge in [0, 0.05) is 28.3 Å². The highest BCUT2D eigenvalue weighted by Gasteiger charge is 2.28. The van der Waals surface area contributed by atoms with E-state index in [0.717, 1.165) is 11.3 Å². The highest BCUT2D eigenvalue weighted by atomic mass is 16.5. The van der Waals surface area contributed by atoms with Crippen LogP contribution in [0.1, 0.15) is 43.1 Å². The fraction of sp³-hybridized carbons (Fsp3) is 0.241. The zero-order valence-electron chi connectivity index (χ0n) is 21.1. The van der Waals surface area contributed by atoms with Gasteiger partial charge in [-0.05, 0) is 67.3 Å². The molecule has 1 aromatic heterocycles. The van der Waals surface area contributed by atoms with E-state index in [2.05, 4.69) is 5.32 Å². The van der Waals surface area contributed by atoms with Gasteiger partial charge in [0.1, 0.15) is 18.0 Å². The number of ether oxygens (including phenoxy) is 1. The minimum atomic E-state index is -1.09. The zero-order chi connectivity index (χ0) is 27.2. The quantitative estimate of drug-likeness (QED) is 0.287. The highest BCUT2D eigenvalue weighted by Crippen LogP contribution is 2.37. The molecular weight excluding hydrogens is 482 g/mol. The molecule has 0 saturated carbocycles. The molecule has 38 heavy (non-hydrogen) atoms. The first-order chi connectivity index (χ1) is 18.2. The van der Waals surface area contributed by atoms with Gasteiger partial charge in [-0.1, -0.05) is 31.2 Å². The van der Waals surface area contributed by atoms with E-state index in [1.165, 1.54) is 0 Å². The normalized spacial score (nSPS) is 17.0. The molecule has 1 aliphatic rings. The lowest BCUT2D eigenvalue weighted by atomic mass is 9.78. The first kappa shape index (κ1) is 26.7. The molecule has 4 rings (SSSR count). The van der Waals surface area contributed by atoms with Gasteiger partial charge in [0.05, 0.1) is 17.2 Å². The van der Waals surface area contributed by atoms with E-state index in [9.17, 15) is 9.59 Å². The van der Waals surface area contributed by atoms with E-state index in [4.69, 9.17) is 31.7 Å². The third-order valence-corrected chi connectivity index (χ3v) is 6.51. The first-order valence-electron chi connectivity index (χ1n) is 12.4. The molecule has 0 spiro atoms. The van der Waals surface area contributed by atoms with E-state index < -0.39 is 18.7 Å². The molecule has 9 heteroatoms. The lowest BCUT2D eigenvalue weighted by Gasteiger charge is -2.27. The first-order valence-corrected chi connectivity index (χ1v) is 12.4. The number of carbonyl (C=O) groups is 2. The number of para-hydroxylation sites is 1. The summed E-state index contributed by atoms with van der Waals surface area (Å²) >= 11 is 0. The molecular formula is C29H31N5O4. The van der Waals surface area contributed by atoms with Crippen LogP contribution in [0.4, 0.5) is 0 Å². The monoisotopic (exact) mass is 513 g/mol. The number of benzene rings is 2. The SMILES string of the molecule is CC1CC(C(=O)NCC(=O)O)=CCC1c1cc(=N)cc(C(N)N)c(-c2ccc(Oc3ccccc3)cc2)n1. The van der Waals surface area contributed by atoms with Crippen molar-refractivity contribution >= 4 is 11.9 Å². The molecule has 2 unspecified atom stereocenters. The number of allylic oxidation sites excluding steroid dienone is 1. The number of carbonyl (C=O) groups excluding carboxylic acids is 1. The van der Waals surface area contributed by atoms with Gasteiger partial charge in [-0.25, -0.2) is 0 Å². The Morgan fingerprint density at radius 1 is 1.11 bits per heavy atom. The Hall–Kier alpha value is -4.34. The Labute approximate surface area is 220 Å². The van der Waals surface area contributed by atoms with Crippen LogP contribution >= 0.6 is 0 Å². The number of aliphatic carboxylic acids is 1. The third-order valence-electron chi connectivity index (χ3n) is 6.51. The maximum atomic E-state index is 12.4. The maximum absolute atomic E-state index is 12.4. The van der Waals surface area contributed by atoms with Gasteiger partial charge < -0.3 is 32.0 Å². The largest absolute Gasteiger partial charge is 0.480 e. The minimum Gasteiger partial charge on any atom is -0.480 e. The summed E-state index contributed by atoms with van der Waals surface area (Å²) in [5.74, 6) is -0.0927. The molecule has 2 aromatic carbocycles. The van der Waals surface area contributed by atoms with Crippen LogP contribution in [-0.2, 0) is 9.59 Å². The summed E-state index contributed by atoms with van der Waals surface area (Å²) in [4.78, 5) is 28.1. The maximum Gasteiger partial charge on any atom is 0.322 e. The van der Waals surface area contributed by atoms with E-state index >= 15 is 0 Å². The summed E-state index contributed by atoms with van der Waals surface area (Å²) < 4.78 is 5.91. The number of nitrogens with zero attached hydrogens (tertiary/aromatic N) is 1. The fourth-order valence-electron chi connectivity index (χ4n) is 4.58. The smallest absolute Gasteiger partial charge is 0.322 e. The summed E-state index contributed by atoms with van der Waals surface area (Å²) in [6, 6.07) is 20.3. The summed E-state index contributed by atoms with van der Waals surface area (Å²) in [7, 11) is 0. The Bertz CT molecular complexity index is 1400. The van der Waals surface area contributed by atoms with Crippen molar-refractivity contribution in [3.05, 3.63) is 95.0 Å². The van der Waals surface area contributed by atoms with E-state index in [0.29, 0.717) is 41.1 Å². The van der Waals surface area contributed by atoms with Crippen LogP contribution in [0.15, 0.2) is 78.4 Å². The lowest BCUT2D eigenvalue weighted by molar-refractivity contribution is -0.137. The van der Waals surface area contributed by atoms with Crippen LogP contribution in [-0.4, -0.2) is 28.5 Å². The number of nitrogens with one attached hydrogen (secondary N) is 2. The fourth-order valence-corrected chi connectivity index (χ4v) is 4.58. The molecule has 0 bridgehead atoms. The van der Waals surface area contributed by atoms with E-state index in [1.807, 2.05) is 67.6 Å². The summed E-state index contributed by atoms with van der Waals surface area (Å²) in [6.45, 7) is 1.60. The second-order valence-corrected chi connectivity index (χ2v) is 9.38. The summed E-state index contributed by atoms with van der Waals surface area (Å²) in [5.41, 5.74) is 15.4. The van der Waals surface area contributed by atoms with Gasteiger partial charge in [0.15, 0.2) is 0 Å². The number of aromatic nitrogens is 1. The van der Waals surface area contributed by atoms with Gasteiger partial charge in [-0.15, -0.1) is 0 Å². The molecule has 3 aromatic rings. The van der Waals surface area contributed by atoms with Crippen LogP contribution in [0.5, 0.6) is 11.5 Å². The van der Waals surface area contributed by atoms with Crippen LogP contribution in [0.25, 0.3) is 11.3 Å². The average molecular weight is 514 g/mol. The molecule has 7 N–H and O–H groups in total. The average Bonchev–Trinajstić information content (AvgIpc) is 3.07. The van der Waals surface area contributed by atoms with Crippen molar-refractivity contribution in [2.24, 2.45) is 17.4 Å². The number of rotatable bonds is 8. The second-order valence-electron chi connectivity index (χ2n) is 9.38. The molecule has 9 nitrogen and oxygen atoms in total. The van der Waals surface area contributed by atoms with E-state index in [-0.39, 0.29) is 23.1 Å². The number of hydrogen-bond acceptors (Lipinski definition) is 7. The van der Waals surface area contributed by atoms with Crippen molar-refractivity contribution in [3.63, 3.8) is 0 Å². The molecule has 1 heterocycles. The van der Waals surface area contributed by atoms with Gasteiger partial charge in [-0.2, -0.15) is 0 Å². The lowest BCUT2D eigenvalue weighted by Crippen LogP contribution is -2.32. The van der Waals surface area contributed by atoms with Crippen LogP contribution in [0.3, 0.4) is 0 Å². The van der Waals surface area contributed by atoms with Crippen molar-refractivity contribution in [1.29, 1.82) is 5.41 Å². The molecule has 0 fully saturated rings. The number of nitrogens with two attached hydrogens (primary N) is 2. The Morgan fingerprint density at radius 3 is 2.42 bits per heavy atom. The standard InChI is InChI=1S/C29H31N5O4/c1-17-13-19(29(37)33-16-26(35)36)9-12-23(17)25-15-20(30)14-24(28(31)32)27(34-25)18-7-10-22(11-8-18)38-21-5-3-2-4-6-21/h2-11,14-15,17,23,28,30H,12-13,16,31-32H2,1H3,(H,33,37)(H,35,36). The Kier molecular flexibility index (Phi) is 8.30. The third kappa shape index (κ3) is 6.50. The Balaban J connectivity index is 1.66. The predicted molar refractivity (Wildman–Crippen MR) is 143 cm³/mol. The number of amides is 1. The molecule has 1 aliphatic carbocycles. The van der Waals surface area contributed by atoms with E-state index in [1.54, 1.807) is 12.1 Å². The van der Waals surface area contributed by atoms with Gasteiger partial charge in [0.2, 0.25) is 5.91 Å². The zero-order valence-corrected chi connectivity index (χ0v) is 21.1. The number of carboxylic acid groups (broad SMARTS) is 1. The number of hydrogen-bond donors (Lipinski definition) is 5. The predicted octanol–water partition coefficient (Wildman–Crippen LogP) is 3.58. The van der Waals surface area contributed by atoms with Crippen molar-refractivity contribution in [1.82, 2.24) is 10.3 Å². The van der Waals surface area contributed by atoms with Crippen LogP contribution < -0.4 is 26.9 Å². The minimum absolute atomic E-state index is 0.0318. The van der Waals surface area contributed by atoms with Crippen LogP contribution in [0, 0.1) is 11.3 Å². The van der Waals surface area contributed by atoms with Crippen molar-refractivity contribution in [2.75, 3.05) is 6.54 Å². The van der Waals surface area contributed by atoms with Gasteiger partial charge >= 0.3 is 5.97 Å². The number of carboxylic acids is 1. The molecule has 0 saturated heterocycles. The van der Waals surface area contributed by atoms with Gasteiger partial charge in [-0.3, -0.25) is 14.6 Å². The van der Waals surface area contributed by atoms with Crippen molar-refractivity contribution in [2.45, 2.75) is 31.8 Å². The molecule has 1 amide bonds. The second kappa shape index (κ2) is 11.8. The van der Waals surface area contributed by atoms with Crippen LogP contribution in [0.2, 0.25) is 0 Å². The molecule has 0 radical (unpaired) electrons. The molecule has 0 aliphatic heterocycles. The van der Waals surface area contributed by atoms with Crippen molar-refractivity contribution < 1.29 is 19.4 Å². The Morgan fingerprint density at radius 2 is 1.79 bits per heavy atom. The highest BCUT2D eigenvalue weighted by molar-refractivity contribution is 5.95. The summed E-state index contributed by atoms with van der Waals surface area (Å²) in [6.07, 6.45) is 1.98.